The number of hydrogen-bond donors (Lipinski definition) is 1. The van der Waals surface area contributed by atoms with Gasteiger partial charge in [0.15, 0.2) is 0 Å². The summed E-state index contributed by atoms with van der Waals surface area (Å²) in [6.07, 6.45) is 0.376. The zero-order valence-electron chi connectivity index (χ0n) is 9.30. The van der Waals surface area contributed by atoms with Gasteiger partial charge in [0, 0.05) is 6.42 Å². The molecule has 0 saturated carbocycles. The van der Waals surface area contributed by atoms with Gasteiger partial charge in [0.05, 0.1) is 5.69 Å². The molecular formula is C12H16FNO. The molecular weight excluding hydrogens is 193 g/mol. The fourth-order valence-electron chi connectivity index (χ4n) is 1.24. The standard InChI is InChI=1S/C12H16FNO/c1-12(2,3)8-11(15)14-10-7-5-4-6-9(10)13/h4-7H,8H2,1-3H3,(H,14,15). The van der Waals surface area contributed by atoms with Gasteiger partial charge in [-0.3, -0.25) is 4.79 Å². The fraction of sp³-hybridized carbons (Fsp3) is 0.417. The topological polar surface area (TPSA) is 29.1 Å². The second-order valence-electron chi connectivity index (χ2n) is 4.77. The lowest BCUT2D eigenvalue weighted by atomic mass is 9.92. The maximum absolute atomic E-state index is 13.2. The van der Waals surface area contributed by atoms with Crippen LogP contribution < -0.4 is 5.32 Å². The van der Waals surface area contributed by atoms with Crippen molar-refractivity contribution < 1.29 is 9.18 Å². The predicted molar refractivity (Wildman–Crippen MR) is 59.1 cm³/mol. The zero-order valence-corrected chi connectivity index (χ0v) is 9.30. The third-order valence-corrected chi connectivity index (χ3v) is 1.84. The summed E-state index contributed by atoms with van der Waals surface area (Å²) in [4.78, 5) is 11.5. The minimum absolute atomic E-state index is 0.0880. The highest BCUT2D eigenvalue weighted by Gasteiger charge is 2.16. The molecule has 1 N–H and O–H groups in total. The van der Waals surface area contributed by atoms with E-state index >= 15 is 0 Å². The van der Waals surface area contributed by atoms with Crippen molar-refractivity contribution in [1.82, 2.24) is 0 Å². The molecule has 0 aliphatic heterocycles. The summed E-state index contributed by atoms with van der Waals surface area (Å²) < 4.78 is 13.2. The van der Waals surface area contributed by atoms with Crippen LogP contribution in [0.25, 0.3) is 0 Å². The molecule has 0 unspecified atom stereocenters. The summed E-state index contributed by atoms with van der Waals surface area (Å²) in [5.41, 5.74) is 0.154. The minimum Gasteiger partial charge on any atom is -0.324 e. The molecule has 1 aromatic carbocycles. The molecule has 0 radical (unpaired) electrons. The Labute approximate surface area is 89.5 Å². The summed E-state index contributed by atoms with van der Waals surface area (Å²) >= 11 is 0. The van der Waals surface area contributed by atoms with Gasteiger partial charge >= 0.3 is 0 Å². The van der Waals surface area contributed by atoms with Gasteiger partial charge in [-0.15, -0.1) is 0 Å². The van der Waals surface area contributed by atoms with E-state index in [0.29, 0.717) is 6.42 Å². The molecule has 0 fully saturated rings. The van der Waals surface area contributed by atoms with Crippen molar-refractivity contribution in [3.05, 3.63) is 30.1 Å². The van der Waals surface area contributed by atoms with Gasteiger partial charge in [-0.25, -0.2) is 4.39 Å². The molecule has 3 heteroatoms. The van der Waals surface area contributed by atoms with Crippen LogP contribution in [0, 0.1) is 11.2 Å². The summed E-state index contributed by atoms with van der Waals surface area (Å²) in [7, 11) is 0. The summed E-state index contributed by atoms with van der Waals surface area (Å²) in [6, 6.07) is 6.16. The van der Waals surface area contributed by atoms with Gasteiger partial charge in [-0.2, -0.15) is 0 Å². The van der Waals surface area contributed by atoms with Crippen LogP contribution in [0.3, 0.4) is 0 Å². The van der Waals surface area contributed by atoms with E-state index in [9.17, 15) is 9.18 Å². The van der Waals surface area contributed by atoms with Gasteiger partial charge in [0.1, 0.15) is 5.82 Å². The van der Waals surface area contributed by atoms with E-state index in [1.165, 1.54) is 6.07 Å². The van der Waals surface area contributed by atoms with Crippen molar-refractivity contribution in [2.24, 2.45) is 5.41 Å². The van der Waals surface area contributed by atoms with Gasteiger partial charge in [-0.1, -0.05) is 32.9 Å². The Morgan fingerprint density at radius 2 is 1.93 bits per heavy atom. The average Bonchev–Trinajstić information content (AvgIpc) is 2.05. The maximum Gasteiger partial charge on any atom is 0.224 e. The van der Waals surface area contributed by atoms with Gasteiger partial charge < -0.3 is 5.32 Å². The molecule has 2 nitrogen and oxygen atoms in total. The highest BCUT2D eigenvalue weighted by molar-refractivity contribution is 5.91. The van der Waals surface area contributed by atoms with Crippen molar-refractivity contribution in [3.8, 4) is 0 Å². The molecule has 0 saturated heterocycles. The van der Waals surface area contributed by atoms with E-state index in [2.05, 4.69) is 5.32 Å². The van der Waals surface area contributed by atoms with Crippen LogP contribution in [0.1, 0.15) is 27.2 Å². The summed E-state index contributed by atoms with van der Waals surface area (Å²) in [5, 5.41) is 2.55. The Hall–Kier alpha value is -1.38. The lowest BCUT2D eigenvalue weighted by Gasteiger charge is -2.17. The number of anilines is 1. The lowest BCUT2D eigenvalue weighted by Crippen LogP contribution is -2.20. The van der Waals surface area contributed by atoms with Crippen LogP contribution in [0.4, 0.5) is 10.1 Å². The first-order valence-corrected chi connectivity index (χ1v) is 4.93. The smallest absolute Gasteiger partial charge is 0.224 e. The van der Waals surface area contributed by atoms with E-state index in [1.807, 2.05) is 20.8 Å². The molecule has 1 rings (SSSR count). The predicted octanol–water partition coefficient (Wildman–Crippen LogP) is 3.20. The molecule has 0 aromatic heterocycles. The highest BCUT2D eigenvalue weighted by atomic mass is 19.1. The van der Waals surface area contributed by atoms with Crippen LogP contribution in [-0.4, -0.2) is 5.91 Å². The molecule has 82 valence electrons. The third kappa shape index (κ3) is 4.11. The molecule has 0 bridgehead atoms. The van der Waals surface area contributed by atoms with Crippen LogP contribution >= 0.6 is 0 Å². The van der Waals surface area contributed by atoms with Gasteiger partial charge in [0.2, 0.25) is 5.91 Å². The van der Waals surface area contributed by atoms with Gasteiger partial charge in [-0.05, 0) is 17.5 Å². The van der Waals surface area contributed by atoms with E-state index in [-0.39, 0.29) is 17.0 Å². The van der Waals surface area contributed by atoms with Crippen molar-refractivity contribution in [2.75, 3.05) is 5.32 Å². The Balaban J connectivity index is 2.64. The number of carbonyl (C=O) groups excluding carboxylic acids is 1. The number of rotatable bonds is 2. The van der Waals surface area contributed by atoms with Gasteiger partial charge in [0.25, 0.3) is 0 Å². The third-order valence-electron chi connectivity index (χ3n) is 1.84. The zero-order chi connectivity index (χ0) is 11.5. The largest absolute Gasteiger partial charge is 0.324 e. The van der Waals surface area contributed by atoms with Crippen LogP contribution in [0.2, 0.25) is 0 Å². The average molecular weight is 209 g/mol. The Bertz CT molecular complexity index is 355. The van der Waals surface area contributed by atoms with E-state index in [4.69, 9.17) is 0 Å². The van der Waals surface area contributed by atoms with Crippen LogP contribution in [0.15, 0.2) is 24.3 Å². The van der Waals surface area contributed by atoms with Crippen LogP contribution in [-0.2, 0) is 4.79 Å². The monoisotopic (exact) mass is 209 g/mol. The molecule has 1 aromatic rings. The van der Waals surface area contributed by atoms with Crippen LogP contribution in [0.5, 0.6) is 0 Å². The fourth-order valence-corrected chi connectivity index (χ4v) is 1.24. The Morgan fingerprint density at radius 3 is 2.47 bits per heavy atom. The first-order chi connectivity index (χ1) is 6.88. The second-order valence-corrected chi connectivity index (χ2v) is 4.77. The number of carbonyl (C=O) groups is 1. The number of halogens is 1. The number of para-hydroxylation sites is 1. The normalized spacial score (nSPS) is 11.2. The molecule has 15 heavy (non-hydrogen) atoms. The van der Waals surface area contributed by atoms with Crippen molar-refractivity contribution in [3.63, 3.8) is 0 Å². The number of benzene rings is 1. The first kappa shape index (κ1) is 11.7. The minimum atomic E-state index is -0.403. The second kappa shape index (κ2) is 4.43. The quantitative estimate of drug-likeness (QED) is 0.796. The molecule has 0 heterocycles. The lowest BCUT2D eigenvalue weighted by molar-refractivity contribution is -0.117. The summed E-state index contributed by atoms with van der Waals surface area (Å²) in [5.74, 6) is -0.563. The first-order valence-electron chi connectivity index (χ1n) is 4.93. The highest BCUT2D eigenvalue weighted by Crippen LogP contribution is 2.20. The molecule has 0 atom stereocenters. The maximum atomic E-state index is 13.2. The van der Waals surface area contributed by atoms with E-state index in [1.54, 1.807) is 18.2 Å². The SMILES string of the molecule is CC(C)(C)CC(=O)Nc1ccccc1F. The molecule has 0 aliphatic carbocycles. The van der Waals surface area contributed by atoms with Crippen molar-refractivity contribution >= 4 is 11.6 Å². The molecule has 0 aliphatic rings. The number of hydrogen-bond acceptors (Lipinski definition) is 1. The number of amides is 1. The molecule has 1 amide bonds. The molecule has 0 spiro atoms. The van der Waals surface area contributed by atoms with Crippen molar-refractivity contribution in [1.29, 1.82) is 0 Å². The summed E-state index contributed by atoms with van der Waals surface area (Å²) in [6.45, 7) is 5.90. The van der Waals surface area contributed by atoms with Crippen molar-refractivity contribution in [2.45, 2.75) is 27.2 Å². The van der Waals surface area contributed by atoms with E-state index < -0.39 is 5.82 Å². The number of nitrogens with one attached hydrogen (secondary N) is 1. The van der Waals surface area contributed by atoms with E-state index in [0.717, 1.165) is 0 Å². The Kier molecular flexibility index (Phi) is 3.45. The Morgan fingerprint density at radius 1 is 1.33 bits per heavy atom.